The van der Waals surface area contributed by atoms with E-state index in [1.54, 1.807) is 0 Å². The van der Waals surface area contributed by atoms with E-state index in [9.17, 15) is 9.90 Å². The molecule has 0 spiro atoms. The van der Waals surface area contributed by atoms with Gasteiger partial charge in [-0.1, -0.05) is 27.8 Å². The first kappa shape index (κ1) is 11.6. The van der Waals surface area contributed by atoms with Crippen molar-refractivity contribution >= 4 is 21.9 Å². The number of rotatable bonds is 2. The Bertz CT molecular complexity index is 429. The Hall–Kier alpha value is -1.47. The summed E-state index contributed by atoms with van der Waals surface area (Å²) in [6.45, 7) is 0. The molecule has 0 bridgehead atoms. The monoisotopic (exact) mass is 268 g/mol. The topological polar surface area (TPSA) is 57.5 Å². The van der Waals surface area contributed by atoms with Crippen molar-refractivity contribution in [2.45, 2.75) is 6.42 Å². The third kappa shape index (κ3) is 3.30. The Morgan fingerprint density at radius 1 is 1.47 bits per heavy atom. The highest BCUT2D eigenvalue weighted by Gasteiger charge is 2.05. The van der Waals surface area contributed by atoms with Crippen LogP contribution in [0.4, 0.5) is 0 Å². The van der Waals surface area contributed by atoms with Crippen molar-refractivity contribution in [2.75, 3.05) is 5.33 Å². The van der Waals surface area contributed by atoms with E-state index >= 15 is 0 Å². The van der Waals surface area contributed by atoms with Gasteiger partial charge in [-0.05, 0) is 18.2 Å². The van der Waals surface area contributed by atoms with Crippen molar-refractivity contribution in [2.24, 2.45) is 0 Å². The smallest absolute Gasteiger partial charge is 0.335 e. The average Bonchev–Trinajstić information content (AvgIpc) is 2.20. The second kappa shape index (κ2) is 5.42. The lowest BCUT2D eigenvalue weighted by Gasteiger charge is -1.98. The van der Waals surface area contributed by atoms with Crippen LogP contribution in [0, 0.1) is 11.8 Å². The zero-order chi connectivity index (χ0) is 11.3. The summed E-state index contributed by atoms with van der Waals surface area (Å²) < 4.78 is 0. The second-order valence-corrected chi connectivity index (χ2v) is 3.57. The quantitative estimate of drug-likeness (QED) is 0.639. The van der Waals surface area contributed by atoms with Crippen LogP contribution in [0.25, 0.3) is 0 Å². The predicted molar refractivity (Wildman–Crippen MR) is 60.4 cm³/mol. The van der Waals surface area contributed by atoms with Crippen LogP contribution >= 0.6 is 15.9 Å². The van der Waals surface area contributed by atoms with Crippen LogP contribution in [0.3, 0.4) is 0 Å². The number of carboxylic acids is 1. The van der Waals surface area contributed by atoms with Gasteiger partial charge in [0.15, 0.2) is 0 Å². The average molecular weight is 269 g/mol. The van der Waals surface area contributed by atoms with Gasteiger partial charge in [0.1, 0.15) is 5.75 Å². The Morgan fingerprint density at radius 3 is 2.73 bits per heavy atom. The van der Waals surface area contributed by atoms with Gasteiger partial charge in [-0.2, -0.15) is 0 Å². The van der Waals surface area contributed by atoms with Crippen LogP contribution in [0.5, 0.6) is 5.75 Å². The summed E-state index contributed by atoms with van der Waals surface area (Å²) in [5.41, 5.74) is 0.500. The fraction of sp³-hybridized carbons (Fsp3) is 0.182. The molecule has 0 fully saturated rings. The Morgan fingerprint density at radius 2 is 2.20 bits per heavy atom. The maximum absolute atomic E-state index is 10.6. The molecule has 0 aromatic heterocycles. The van der Waals surface area contributed by atoms with Crippen LogP contribution in [-0.4, -0.2) is 21.5 Å². The molecule has 0 aliphatic carbocycles. The van der Waals surface area contributed by atoms with Crippen molar-refractivity contribution in [3.05, 3.63) is 29.3 Å². The SMILES string of the molecule is O=C(O)c1ccc(C#CCCBr)c(O)c1. The van der Waals surface area contributed by atoms with Gasteiger partial charge in [-0.25, -0.2) is 4.79 Å². The molecule has 0 saturated heterocycles. The summed E-state index contributed by atoms with van der Waals surface area (Å²) >= 11 is 3.23. The summed E-state index contributed by atoms with van der Waals surface area (Å²) in [7, 11) is 0. The number of alkyl halides is 1. The fourth-order valence-corrected chi connectivity index (χ4v) is 1.17. The number of carbonyl (C=O) groups is 1. The van der Waals surface area contributed by atoms with Crippen molar-refractivity contribution < 1.29 is 15.0 Å². The third-order valence-corrected chi connectivity index (χ3v) is 2.08. The lowest BCUT2D eigenvalue weighted by molar-refractivity contribution is 0.0696. The van der Waals surface area contributed by atoms with Gasteiger partial charge < -0.3 is 10.2 Å². The summed E-state index contributed by atoms with van der Waals surface area (Å²) in [4.78, 5) is 10.6. The van der Waals surface area contributed by atoms with Crippen LogP contribution in [0.15, 0.2) is 18.2 Å². The number of phenolic OH excluding ortho intramolecular Hbond substituents is 1. The van der Waals surface area contributed by atoms with Gasteiger partial charge in [0.25, 0.3) is 0 Å². The number of aromatic carboxylic acids is 1. The number of hydrogen-bond donors (Lipinski definition) is 2. The van der Waals surface area contributed by atoms with Gasteiger partial charge >= 0.3 is 5.97 Å². The first-order chi connectivity index (χ1) is 7.15. The number of aromatic hydroxyl groups is 1. The largest absolute Gasteiger partial charge is 0.507 e. The van der Waals surface area contributed by atoms with Crippen LogP contribution in [-0.2, 0) is 0 Å². The fourth-order valence-electron chi connectivity index (χ4n) is 0.975. The first-order valence-electron chi connectivity index (χ1n) is 4.26. The van der Waals surface area contributed by atoms with Gasteiger partial charge in [0.2, 0.25) is 0 Å². The molecule has 0 unspecified atom stereocenters. The maximum Gasteiger partial charge on any atom is 0.335 e. The minimum absolute atomic E-state index is 0.0542. The highest BCUT2D eigenvalue weighted by Crippen LogP contribution is 2.17. The van der Waals surface area contributed by atoms with Gasteiger partial charge in [0, 0.05) is 11.8 Å². The van der Waals surface area contributed by atoms with E-state index in [0.717, 1.165) is 5.33 Å². The number of hydrogen-bond acceptors (Lipinski definition) is 2. The van der Waals surface area contributed by atoms with E-state index in [2.05, 4.69) is 27.8 Å². The van der Waals surface area contributed by atoms with E-state index in [0.29, 0.717) is 12.0 Å². The summed E-state index contributed by atoms with van der Waals surface area (Å²) in [5, 5.41) is 18.9. The van der Waals surface area contributed by atoms with Crippen LogP contribution in [0.2, 0.25) is 0 Å². The molecule has 1 aromatic rings. The molecule has 1 rings (SSSR count). The number of benzene rings is 1. The minimum atomic E-state index is -1.06. The minimum Gasteiger partial charge on any atom is -0.507 e. The predicted octanol–water partition coefficient (Wildman–Crippen LogP) is 2.23. The van der Waals surface area contributed by atoms with Gasteiger partial charge in [-0.15, -0.1) is 0 Å². The molecule has 4 heteroatoms. The Labute approximate surface area is 95.9 Å². The first-order valence-corrected chi connectivity index (χ1v) is 5.38. The van der Waals surface area contributed by atoms with Crippen molar-refractivity contribution in [1.82, 2.24) is 0 Å². The lowest BCUT2D eigenvalue weighted by atomic mass is 10.1. The van der Waals surface area contributed by atoms with Crippen molar-refractivity contribution in [3.8, 4) is 17.6 Å². The molecule has 3 nitrogen and oxygen atoms in total. The molecule has 0 amide bonds. The molecule has 0 atom stereocenters. The van der Waals surface area contributed by atoms with E-state index in [4.69, 9.17) is 5.11 Å². The summed E-state index contributed by atoms with van der Waals surface area (Å²) in [6, 6.07) is 4.11. The van der Waals surface area contributed by atoms with Crippen LogP contribution < -0.4 is 0 Å². The maximum atomic E-state index is 10.6. The normalized spacial score (nSPS) is 9.13. The molecular formula is C11H9BrO3. The molecule has 1 aromatic carbocycles. The molecular weight excluding hydrogens is 260 g/mol. The zero-order valence-corrected chi connectivity index (χ0v) is 9.41. The molecule has 0 aliphatic rings. The molecule has 2 N–H and O–H groups in total. The lowest BCUT2D eigenvalue weighted by Crippen LogP contribution is -1.95. The zero-order valence-electron chi connectivity index (χ0n) is 7.83. The Balaban J connectivity index is 2.95. The van der Waals surface area contributed by atoms with Crippen molar-refractivity contribution in [1.29, 1.82) is 0 Å². The standard InChI is InChI=1S/C11H9BrO3/c12-6-2-1-3-8-4-5-9(11(14)15)7-10(8)13/h4-5,7,13H,2,6H2,(H,14,15). The molecule has 0 saturated carbocycles. The molecule has 0 aliphatic heterocycles. The molecule has 15 heavy (non-hydrogen) atoms. The molecule has 78 valence electrons. The van der Waals surface area contributed by atoms with Crippen molar-refractivity contribution in [3.63, 3.8) is 0 Å². The molecule has 0 heterocycles. The third-order valence-electron chi connectivity index (χ3n) is 1.69. The van der Waals surface area contributed by atoms with Gasteiger partial charge in [0.05, 0.1) is 11.1 Å². The summed E-state index contributed by atoms with van der Waals surface area (Å²) in [6.07, 6.45) is 0.681. The van der Waals surface area contributed by atoms with E-state index in [1.165, 1.54) is 18.2 Å². The second-order valence-electron chi connectivity index (χ2n) is 2.78. The van der Waals surface area contributed by atoms with E-state index < -0.39 is 5.97 Å². The van der Waals surface area contributed by atoms with E-state index in [1.807, 2.05) is 0 Å². The molecule has 0 radical (unpaired) electrons. The highest BCUT2D eigenvalue weighted by molar-refractivity contribution is 9.09. The summed E-state index contributed by atoms with van der Waals surface area (Å²) in [5.74, 6) is 4.43. The number of carboxylic acid groups (broad SMARTS) is 1. The van der Waals surface area contributed by atoms with E-state index in [-0.39, 0.29) is 11.3 Å². The van der Waals surface area contributed by atoms with Gasteiger partial charge in [-0.3, -0.25) is 0 Å². The van der Waals surface area contributed by atoms with Crippen LogP contribution in [0.1, 0.15) is 22.3 Å². The number of phenols is 1. The number of halogens is 1. The Kier molecular flexibility index (Phi) is 4.19. The highest BCUT2D eigenvalue weighted by atomic mass is 79.9.